The molecule has 9 nitrogen and oxygen atoms in total. The second-order valence-corrected chi connectivity index (χ2v) is 8.23. The number of nitrogens with one attached hydrogen (secondary N) is 3. The summed E-state index contributed by atoms with van der Waals surface area (Å²) in [5.74, 6) is 0.634. The van der Waals surface area contributed by atoms with Gasteiger partial charge in [0.1, 0.15) is 5.82 Å². The highest BCUT2D eigenvalue weighted by Gasteiger charge is 2.09. The van der Waals surface area contributed by atoms with Crippen molar-refractivity contribution in [3.05, 3.63) is 66.5 Å². The molecule has 2 heterocycles. The van der Waals surface area contributed by atoms with Crippen molar-refractivity contribution in [3.8, 4) is 0 Å². The normalized spacial score (nSPS) is 11.2. The lowest BCUT2D eigenvalue weighted by atomic mass is 10.1. The maximum absolute atomic E-state index is 12.3. The Morgan fingerprint density at radius 2 is 1.94 bits per heavy atom. The van der Waals surface area contributed by atoms with Gasteiger partial charge < -0.3 is 15.5 Å². The first kappa shape index (κ1) is 22.3. The Morgan fingerprint density at radius 3 is 2.73 bits per heavy atom. The molecule has 0 aliphatic rings. The second kappa shape index (κ2) is 10.2. The Bertz CT molecular complexity index is 1230. The lowest BCUT2D eigenvalue weighted by molar-refractivity contribution is 0.251. The minimum Gasteiger partial charge on any atom is -0.355 e. The van der Waals surface area contributed by atoms with Crippen LogP contribution in [0.25, 0.3) is 10.9 Å². The van der Waals surface area contributed by atoms with Gasteiger partial charge in [-0.05, 0) is 56.9 Å². The number of urea groups is 1. The van der Waals surface area contributed by atoms with Crippen LogP contribution >= 0.6 is 0 Å². The predicted molar refractivity (Wildman–Crippen MR) is 132 cm³/mol. The molecule has 4 aromatic rings. The Balaban J connectivity index is 1.40. The molecule has 2 aromatic heterocycles. The first-order valence-electron chi connectivity index (χ1n) is 11.0. The van der Waals surface area contributed by atoms with Crippen LogP contribution in [0.15, 0.2) is 60.9 Å². The molecule has 0 atom stereocenters. The van der Waals surface area contributed by atoms with Crippen LogP contribution in [-0.4, -0.2) is 51.1 Å². The number of carbonyl (C=O) groups excluding carboxylic acids is 1. The average Bonchev–Trinajstić information content (AvgIpc) is 3.38. The molecule has 3 N–H and O–H groups in total. The monoisotopic (exact) mass is 446 g/mol. The van der Waals surface area contributed by atoms with Gasteiger partial charge in [-0.15, -0.1) is 0 Å². The molecule has 0 unspecified atom stereocenters. The molecule has 2 amide bonds. The Morgan fingerprint density at radius 1 is 1.09 bits per heavy atom. The zero-order valence-corrected chi connectivity index (χ0v) is 19.2. The van der Waals surface area contributed by atoms with E-state index in [0.717, 1.165) is 47.4 Å². The number of amides is 2. The fraction of sp³-hybridized carbons (Fsp3) is 0.292. The number of carbonyl (C=O) groups is 1. The van der Waals surface area contributed by atoms with Crippen molar-refractivity contribution in [1.82, 2.24) is 29.8 Å². The number of aromatic nitrogens is 4. The van der Waals surface area contributed by atoms with Gasteiger partial charge in [-0.2, -0.15) is 10.2 Å². The molecule has 9 heteroatoms. The van der Waals surface area contributed by atoms with Crippen LogP contribution in [0.2, 0.25) is 0 Å². The van der Waals surface area contributed by atoms with Crippen LogP contribution in [0, 0.1) is 0 Å². The smallest absolute Gasteiger partial charge is 0.320 e. The molecular formula is C24H30N8O. The maximum Gasteiger partial charge on any atom is 0.320 e. The van der Waals surface area contributed by atoms with Gasteiger partial charge in [0.05, 0.1) is 17.9 Å². The lowest BCUT2D eigenvalue weighted by Gasteiger charge is -2.14. The Hall–Kier alpha value is -3.85. The molecule has 0 spiro atoms. The third-order valence-corrected chi connectivity index (χ3v) is 5.42. The van der Waals surface area contributed by atoms with E-state index in [1.807, 2.05) is 30.5 Å². The fourth-order valence-corrected chi connectivity index (χ4v) is 3.66. The number of rotatable bonds is 9. The molecule has 0 bridgehead atoms. The van der Waals surface area contributed by atoms with E-state index in [1.54, 1.807) is 24.0 Å². The van der Waals surface area contributed by atoms with Crippen molar-refractivity contribution >= 4 is 34.1 Å². The zero-order valence-electron chi connectivity index (χ0n) is 19.2. The van der Waals surface area contributed by atoms with Gasteiger partial charge in [0.2, 0.25) is 0 Å². The highest BCUT2D eigenvalue weighted by atomic mass is 16.2. The number of hydrogen-bond donors (Lipinski definition) is 3. The molecule has 0 radical (unpaired) electrons. The minimum absolute atomic E-state index is 0.281. The first-order chi connectivity index (χ1) is 16.0. The summed E-state index contributed by atoms with van der Waals surface area (Å²) in [5, 5.41) is 18.9. The van der Waals surface area contributed by atoms with Crippen molar-refractivity contribution in [2.75, 3.05) is 31.3 Å². The molecule has 33 heavy (non-hydrogen) atoms. The van der Waals surface area contributed by atoms with Gasteiger partial charge in [-0.1, -0.05) is 18.2 Å². The van der Waals surface area contributed by atoms with Crippen molar-refractivity contribution in [2.45, 2.75) is 19.5 Å². The van der Waals surface area contributed by atoms with Gasteiger partial charge in [-0.3, -0.25) is 14.7 Å². The summed E-state index contributed by atoms with van der Waals surface area (Å²) in [6.07, 6.45) is 4.60. The zero-order chi connectivity index (χ0) is 23.2. The SMILES string of the molecule is CN(C)CCCn1ncc2cc(Nc3ccccc3CNC(=O)Nc3ccnn3C)ccc21. The van der Waals surface area contributed by atoms with Gasteiger partial charge in [0.15, 0.2) is 0 Å². The minimum atomic E-state index is -0.281. The lowest BCUT2D eigenvalue weighted by Crippen LogP contribution is -2.29. The van der Waals surface area contributed by atoms with Crippen molar-refractivity contribution in [1.29, 1.82) is 0 Å². The largest absolute Gasteiger partial charge is 0.355 e. The quantitative estimate of drug-likeness (QED) is 0.364. The van der Waals surface area contributed by atoms with Crippen LogP contribution in [0.3, 0.4) is 0 Å². The van der Waals surface area contributed by atoms with Crippen LogP contribution in [-0.2, 0) is 20.1 Å². The summed E-state index contributed by atoms with van der Waals surface area (Å²) in [5.41, 5.74) is 4.02. The number of aryl methyl sites for hydroxylation is 2. The predicted octanol–water partition coefficient (Wildman–Crippen LogP) is 3.79. The number of fused-ring (bicyclic) bond motifs is 1. The van der Waals surface area contributed by atoms with Crippen molar-refractivity contribution < 1.29 is 4.79 Å². The fourth-order valence-electron chi connectivity index (χ4n) is 3.66. The number of anilines is 3. The van der Waals surface area contributed by atoms with E-state index < -0.39 is 0 Å². The van der Waals surface area contributed by atoms with Crippen LogP contribution in [0.5, 0.6) is 0 Å². The van der Waals surface area contributed by atoms with E-state index in [4.69, 9.17) is 0 Å². The third-order valence-electron chi connectivity index (χ3n) is 5.42. The second-order valence-electron chi connectivity index (χ2n) is 8.23. The van der Waals surface area contributed by atoms with Crippen LogP contribution in [0.1, 0.15) is 12.0 Å². The standard InChI is InChI=1S/C24H30N8O/c1-30(2)13-6-14-32-22-10-9-20(15-19(22)17-27-32)28-21-8-5-4-7-18(21)16-25-24(33)29-23-11-12-26-31(23)3/h4-5,7-12,15,17,28H,6,13-14,16H2,1-3H3,(H2,25,29,33). The van der Waals surface area contributed by atoms with E-state index >= 15 is 0 Å². The van der Waals surface area contributed by atoms with Crippen LogP contribution in [0.4, 0.5) is 22.0 Å². The highest BCUT2D eigenvalue weighted by molar-refractivity contribution is 5.88. The number of hydrogen-bond acceptors (Lipinski definition) is 5. The number of nitrogens with zero attached hydrogens (tertiary/aromatic N) is 5. The molecular weight excluding hydrogens is 416 g/mol. The Kier molecular flexibility index (Phi) is 6.89. The van der Waals surface area contributed by atoms with E-state index in [1.165, 1.54) is 0 Å². The third kappa shape index (κ3) is 5.69. The van der Waals surface area contributed by atoms with Crippen molar-refractivity contribution in [2.24, 2.45) is 7.05 Å². The Labute approximate surface area is 193 Å². The number of para-hydroxylation sites is 1. The average molecular weight is 447 g/mol. The van der Waals surface area contributed by atoms with Crippen LogP contribution < -0.4 is 16.0 Å². The molecule has 172 valence electrons. The molecule has 4 rings (SSSR count). The summed E-state index contributed by atoms with van der Waals surface area (Å²) in [7, 11) is 5.94. The summed E-state index contributed by atoms with van der Waals surface area (Å²) in [6.45, 7) is 2.31. The summed E-state index contributed by atoms with van der Waals surface area (Å²) < 4.78 is 3.66. The molecule has 0 fully saturated rings. The molecule has 0 aliphatic carbocycles. The van der Waals surface area contributed by atoms with E-state index in [0.29, 0.717) is 12.4 Å². The molecule has 0 saturated carbocycles. The van der Waals surface area contributed by atoms with E-state index in [-0.39, 0.29) is 6.03 Å². The first-order valence-corrected chi connectivity index (χ1v) is 11.0. The highest BCUT2D eigenvalue weighted by Crippen LogP contribution is 2.25. The summed E-state index contributed by atoms with van der Waals surface area (Å²) >= 11 is 0. The topological polar surface area (TPSA) is 92.0 Å². The van der Waals surface area contributed by atoms with Gasteiger partial charge >= 0.3 is 6.03 Å². The maximum atomic E-state index is 12.3. The van der Waals surface area contributed by atoms with Gasteiger partial charge in [0, 0.05) is 43.0 Å². The van der Waals surface area contributed by atoms with Crippen molar-refractivity contribution in [3.63, 3.8) is 0 Å². The molecule has 2 aromatic carbocycles. The van der Waals surface area contributed by atoms with E-state index in [9.17, 15) is 4.79 Å². The van der Waals surface area contributed by atoms with Gasteiger partial charge in [0.25, 0.3) is 0 Å². The summed E-state index contributed by atoms with van der Waals surface area (Å²) in [4.78, 5) is 14.5. The van der Waals surface area contributed by atoms with E-state index in [2.05, 4.69) is 68.0 Å². The summed E-state index contributed by atoms with van der Waals surface area (Å²) in [6, 6.07) is 15.7. The molecule has 0 saturated heterocycles. The van der Waals surface area contributed by atoms with Gasteiger partial charge in [-0.25, -0.2) is 4.79 Å². The molecule has 0 aliphatic heterocycles. The number of benzene rings is 2.